The molecule has 4 nitrogen and oxygen atoms in total. The van der Waals surface area contributed by atoms with Crippen LogP contribution in [0.2, 0.25) is 0 Å². The summed E-state index contributed by atoms with van der Waals surface area (Å²) in [7, 11) is 1.63. The van der Waals surface area contributed by atoms with Crippen LogP contribution in [0.25, 0.3) is 5.69 Å². The Morgan fingerprint density at radius 2 is 2.15 bits per heavy atom. The van der Waals surface area contributed by atoms with E-state index in [9.17, 15) is 8.78 Å². The van der Waals surface area contributed by atoms with Crippen LogP contribution in [0.1, 0.15) is 6.42 Å². The Labute approximate surface area is 123 Å². The first-order valence-electron chi connectivity index (χ1n) is 6.04. The zero-order valence-corrected chi connectivity index (χ0v) is 12.5. The SMILES string of the molecule is COCCCNc1nccn1-c1cc(F)c(Br)cc1F. The molecule has 0 spiro atoms. The molecule has 0 saturated carbocycles. The summed E-state index contributed by atoms with van der Waals surface area (Å²) < 4.78 is 34.0. The molecule has 0 bridgehead atoms. The topological polar surface area (TPSA) is 39.1 Å². The summed E-state index contributed by atoms with van der Waals surface area (Å²) in [6.07, 6.45) is 3.89. The molecule has 0 radical (unpaired) electrons. The number of nitrogens with zero attached hydrogens (tertiary/aromatic N) is 2. The van der Waals surface area contributed by atoms with Crippen LogP contribution in [0.15, 0.2) is 29.0 Å². The van der Waals surface area contributed by atoms with Crippen molar-refractivity contribution in [3.05, 3.63) is 40.6 Å². The number of anilines is 1. The summed E-state index contributed by atoms with van der Waals surface area (Å²) >= 11 is 2.95. The van der Waals surface area contributed by atoms with Gasteiger partial charge in [0.25, 0.3) is 0 Å². The van der Waals surface area contributed by atoms with Crippen LogP contribution >= 0.6 is 15.9 Å². The predicted molar refractivity (Wildman–Crippen MR) is 76.2 cm³/mol. The van der Waals surface area contributed by atoms with Crippen LogP contribution in [-0.2, 0) is 4.74 Å². The molecular weight excluding hydrogens is 332 g/mol. The number of halogens is 3. The zero-order valence-electron chi connectivity index (χ0n) is 10.9. The van der Waals surface area contributed by atoms with Gasteiger partial charge >= 0.3 is 0 Å². The predicted octanol–water partition coefficient (Wildman–Crippen LogP) is 3.36. The van der Waals surface area contributed by atoms with Crippen molar-refractivity contribution in [3.63, 3.8) is 0 Å². The Hall–Kier alpha value is -1.47. The lowest BCUT2D eigenvalue weighted by Gasteiger charge is -2.11. The average molecular weight is 346 g/mol. The lowest BCUT2D eigenvalue weighted by Crippen LogP contribution is -2.10. The Morgan fingerprint density at radius 3 is 2.90 bits per heavy atom. The molecule has 0 aliphatic heterocycles. The fourth-order valence-corrected chi connectivity index (χ4v) is 2.06. The number of hydrogen-bond donors (Lipinski definition) is 1. The van der Waals surface area contributed by atoms with E-state index >= 15 is 0 Å². The van der Waals surface area contributed by atoms with Crippen molar-refractivity contribution in [2.75, 3.05) is 25.6 Å². The van der Waals surface area contributed by atoms with Crippen LogP contribution < -0.4 is 5.32 Å². The Morgan fingerprint density at radius 1 is 1.35 bits per heavy atom. The normalized spacial score (nSPS) is 10.8. The highest BCUT2D eigenvalue weighted by Gasteiger charge is 2.12. The van der Waals surface area contributed by atoms with Gasteiger partial charge in [0.1, 0.15) is 11.6 Å². The van der Waals surface area contributed by atoms with Gasteiger partial charge in [-0.1, -0.05) is 0 Å². The number of hydrogen-bond acceptors (Lipinski definition) is 3. The van der Waals surface area contributed by atoms with E-state index in [1.54, 1.807) is 13.3 Å². The largest absolute Gasteiger partial charge is 0.385 e. The molecule has 0 aliphatic carbocycles. The fourth-order valence-electron chi connectivity index (χ4n) is 1.74. The number of aromatic nitrogens is 2. The number of rotatable bonds is 6. The summed E-state index contributed by atoms with van der Waals surface area (Å²) in [5.74, 6) is -0.599. The van der Waals surface area contributed by atoms with E-state index in [-0.39, 0.29) is 10.2 Å². The van der Waals surface area contributed by atoms with E-state index < -0.39 is 11.6 Å². The molecule has 108 valence electrons. The number of imidazole rings is 1. The number of benzene rings is 1. The Kier molecular flexibility index (Phi) is 5.08. The Bertz CT molecular complexity index is 589. The number of nitrogens with one attached hydrogen (secondary N) is 1. The second kappa shape index (κ2) is 6.81. The molecule has 0 fully saturated rings. The molecule has 2 aromatic rings. The highest BCUT2D eigenvalue weighted by atomic mass is 79.9. The highest BCUT2D eigenvalue weighted by molar-refractivity contribution is 9.10. The third kappa shape index (κ3) is 3.34. The quantitative estimate of drug-likeness (QED) is 0.644. The summed E-state index contributed by atoms with van der Waals surface area (Å²) in [6, 6.07) is 2.22. The van der Waals surface area contributed by atoms with Crippen LogP contribution in [0.5, 0.6) is 0 Å². The van der Waals surface area contributed by atoms with Gasteiger partial charge in [-0.05, 0) is 28.4 Å². The summed E-state index contributed by atoms with van der Waals surface area (Å²) in [6.45, 7) is 1.25. The van der Waals surface area contributed by atoms with E-state index in [0.717, 1.165) is 18.6 Å². The van der Waals surface area contributed by atoms with E-state index in [1.807, 2.05) is 0 Å². The first-order valence-corrected chi connectivity index (χ1v) is 6.84. The molecule has 1 heterocycles. The van der Waals surface area contributed by atoms with E-state index in [1.165, 1.54) is 10.8 Å². The van der Waals surface area contributed by atoms with Crippen molar-refractivity contribution in [2.24, 2.45) is 0 Å². The number of methoxy groups -OCH3 is 1. The van der Waals surface area contributed by atoms with Gasteiger partial charge < -0.3 is 10.1 Å². The van der Waals surface area contributed by atoms with Crippen molar-refractivity contribution in [3.8, 4) is 5.69 Å². The van der Waals surface area contributed by atoms with Crippen LogP contribution in [0, 0.1) is 11.6 Å². The van der Waals surface area contributed by atoms with Gasteiger partial charge in [-0.25, -0.2) is 13.8 Å². The lowest BCUT2D eigenvalue weighted by molar-refractivity contribution is 0.197. The summed E-state index contributed by atoms with van der Waals surface area (Å²) in [5.41, 5.74) is 0.109. The third-order valence-corrected chi connectivity index (χ3v) is 3.31. The molecule has 0 atom stereocenters. The molecule has 1 aromatic carbocycles. The molecule has 20 heavy (non-hydrogen) atoms. The molecule has 1 N–H and O–H groups in total. The van der Waals surface area contributed by atoms with Gasteiger partial charge in [-0.2, -0.15) is 0 Å². The minimum Gasteiger partial charge on any atom is -0.385 e. The molecule has 0 unspecified atom stereocenters. The van der Waals surface area contributed by atoms with E-state index in [2.05, 4.69) is 26.2 Å². The van der Waals surface area contributed by atoms with Crippen LogP contribution in [0.3, 0.4) is 0 Å². The van der Waals surface area contributed by atoms with Gasteiger partial charge in [-0.3, -0.25) is 4.57 Å². The highest BCUT2D eigenvalue weighted by Crippen LogP contribution is 2.24. The molecule has 7 heteroatoms. The summed E-state index contributed by atoms with van der Waals surface area (Å²) in [5, 5.41) is 3.06. The van der Waals surface area contributed by atoms with Crippen LogP contribution in [-0.4, -0.2) is 29.8 Å². The third-order valence-electron chi connectivity index (χ3n) is 2.70. The molecular formula is C13H14BrF2N3O. The second-order valence-electron chi connectivity index (χ2n) is 4.11. The maximum absolute atomic E-state index is 13.9. The number of ether oxygens (including phenoxy) is 1. The molecule has 0 amide bonds. The monoisotopic (exact) mass is 345 g/mol. The van der Waals surface area contributed by atoms with Crippen molar-refractivity contribution in [1.82, 2.24) is 9.55 Å². The van der Waals surface area contributed by atoms with Crippen LogP contribution in [0.4, 0.5) is 14.7 Å². The van der Waals surface area contributed by atoms with Gasteiger partial charge in [0.2, 0.25) is 5.95 Å². The minimum atomic E-state index is -0.531. The van der Waals surface area contributed by atoms with Gasteiger partial charge in [-0.15, -0.1) is 0 Å². The average Bonchev–Trinajstić information content (AvgIpc) is 2.87. The second-order valence-corrected chi connectivity index (χ2v) is 4.97. The van der Waals surface area contributed by atoms with E-state index in [4.69, 9.17) is 4.74 Å². The maximum atomic E-state index is 13.9. The van der Waals surface area contributed by atoms with E-state index in [0.29, 0.717) is 19.1 Å². The molecule has 0 aliphatic rings. The van der Waals surface area contributed by atoms with Gasteiger partial charge in [0, 0.05) is 38.7 Å². The van der Waals surface area contributed by atoms with Crippen molar-refractivity contribution in [2.45, 2.75) is 6.42 Å². The smallest absolute Gasteiger partial charge is 0.207 e. The Balaban J connectivity index is 2.21. The minimum absolute atomic E-state index is 0.0912. The lowest BCUT2D eigenvalue weighted by atomic mass is 10.3. The summed E-state index contributed by atoms with van der Waals surface area (Å²) in [4.78, 5) is 4.09. The standard InChI is InChI=1S/C13H14BrF2N3O/c1-20-6-2-3-17-13-18-4-5-19(13)12-8-10(15)9(14)7-11(12)16/h4-5,7-8H,2-3,6H2,1H3,(H,17,18). The molecule has 0 saturated heterocycles. The van der Waals surface area contributed by atoms with Gasteiger partial charge in [0.05, 0.1) is 10.2 Å². The maximum Gasteiger partial charge on any atom is 0.207 e. The van der Waals surface area contributed by atoms with Crippen molar-refractivity contribution in [1.29, 1.82) is 0 Å². The zero-order chi connectivity index (χ0) is 14.5. The molecule has 2 rings (SSSR count). The first-order chi connectivity index (χ1) is 9.63. The van der Waals surface area contributed by atoms with Gasteiger partial charge in [0.15, 0.2) is 0 Å². The first kappa shape index (κ1) is 14.9. The van der Waals surface area contributed by atoms with Crippen molar-refractivity contribution >= 4 is 21.9 Å². The molecule has 1 aromatic heterocycles. The van der Waals surface area contributed by atoms with Crippen molar-refractivity contribution < 1.29 is 13.5 Å². The fraction of sp³-hybridized carbons (Fsp3) is 0.308.